The number of piperidine rings is 1. The van der Waals surface area contributed by atoms with Crippen molar-refractivity contribution in [3.8, 4) is 0 Å². The molecule has 1 amide bonds. The predicted octanol–water partition coefficient (Wildman–Crippen LogP) is 2.12. The number of alkyl carbamates (subject to hydrolysis) is 1. The summed E-state index contributed by atoms with van der Waals surface area (Å²) in [5.74, 6) is 0. The summed E-state index contributed by atoms with van der Waals surface area (Å²) in [6, 6.07) is 1.19. The fourth-order valence-corrected chi connectivity index (χ4v) is 3.27. The Morgan fingerprint density at radius 2 is 1.71 bits per heavy atom. The Morgan fingerprint density at radius 1 is 1.10 bits per heavy atom. The number of likely N-dealkylation sites (tertiary alicyclic amines) is 1. The molecule has 2 rings (SSSR count). The van der Waals surface area contributed by atoms with E-state index in [0.717, 1.165) is 25.9 Å². The van der Waals surface area contributed by atoms with Crippen molar-refractivity contribution in [2.75, 3.05) is 20.1 Å². The highest BCUT2D eigenvalue weighted by Gasteiger charge is 2.32. The molecular weight excluding hydrogens is 266 g/mol. The molecule has 2 N–H and O–H groups in total. The summed E-state index contributed by atoms with van der Waals surface area (Å²) < 4.78 is 5.37. The lowest BCUT2D eigenvalue weighted by Crippen LogP contribution is -2.52. The van der Waals surface area contributed by atoms with Crippen LogP contribution in [0.3, 0.4) is 0 Å². The fraction of sp³-hybridized carbons (Fsp3) is 0.938. The highest BCUT2D eigenvalue weighted by Crippen LogP contribution is 2.22. The Bertz CT molecular complexity index is 346. The van der Waals surface area contributed by atoms with Gasteiger partial charge in [0.25, 0.3) is 0 Å². The fourth-order valence-electron chi connectivity index (χ4n) is 3.27. The smallest absolute Gasteiger partial charge is 0.407 e. The molecule has 2 aliphatic rings. The molecule has 0 radical (unpaired) electrons. The number of ether oxygens (including phenoxy) is 1. The van der Waals surface area contributed by atoms with Gasteiger partial charge in [0.15, 0.2) is 0 Å². The summed E-state index contributed by atoms with van der Waals surface area (Å²) >= 11 is 0. The Balaban J connectivity index is 1.79. The minimum absolute atomic E-state index is 0.208. The van der Waals surface area contributed by atoms with Crippen LogP contribution in [0.1, 0.15) is 52.9 Å². The van der Waals surface area contributed by atoms with Crippen molar-refractivity contribution in [3.05, 3.63) is 0 Å². The van der Waals surface area contributed by atoms with Gasteiger partial charge in [-0.1, -0.05) is 0 Å². The number of carbonyl (C=O) groups excluding carboxylic acids is 1. The maximum Gasteiger partial charge on any atom is 0.407 e. The van der Waals surface area contributed by atoms with Gasteiger partial charge in [-0.25, -0.2) is 4.79 Å². The molecule has 1 heterocycles. The van der Waals surface area contributed by atoms with Crippen LogP contribution in [0.5, 0.6) is 0 Å². The minimum Gasteiger partial charge on any atom is -0.444 e. The zero-order valence-electron chi connectivity index (χ0n) is 13.9. The van der Waals surface area contributed by atoms with Gasteiger partial charge in [-0.2, -0.15) is 0 Å². The molecule has 1 aliphatic heterocycles. The molecule has 1 saturated carbocycles. The van der Waals surface area contributed by atoms with E-state index in [4.69, 9.17) is 4.74 Å². The van der Waals surface area contributed by atoms with Crippen molar-refractivity contribution in [3.63, 3.8) is 0 Å². The number of carbonyl (C=O) groups is 1. The van der Waals surface area contributed by atoms with E-state index in [1.54, 1.807) is 0 Å². The number of rotatable bonds is 3. The van der Waals surface area contributed by atoms with Crippen molar-refractivity contribution < 1.29 is 9.53 Å². The average molecular weight is 297 g/mol. The molecule has 0 aromatic rings. The van der Waals surface area contributed by atoms with Gasteiger partial charge in [0.1, 0.15) is 5.60 Å². The Kier molecular flexibility index (Phi) is 5.49. The quantitative estimate of drug-likeness (QED) is 0.838. The first-order chi connectivity index (χ1) is 9.83. The van der Waals surface area contributed by atoms with E-state index >= 15 is 0 Å². The average Bonchev–Trinajstić information content (AvgIpc) is 2.77. The van der Waals surface area contributed by atoms with Gasteiger partial charge < -0.3 is 20.3 Å². The van der Waals surface area contributed by atoms with Crippen molar-refractivity contribution in [1.82, 2.24) is 15.5 Å². The Morgan fingerprint density at radius 3 is 2.33 bits per heavy atom. The van der Waals surface area contributed by atoms with E-state index in [-0.39, 0.29) is 12.1 Å². The van der Waals surface area contributed by atoms with Gasteiger partial charge >= 0.3 is 6.09 Å². The van der Waals surface area contributed by atoms with Crippen LogP contribution < -0.4 is 10.6 Å². The first kappa shape index (κ1) is 16.6. The van der Waals surface area contributed by atoms with E-state index in [1.165, 1.54) is 19.3 Å². The summed E-state index contributed by atoms with van der Waals surface area (Å²) in [6.07, 6.45) is 5.48. The van der Waals surface area contributed by atoms with Crippen molar-refractivity contribution >= 4 is 6.09 Å². The van der Waals surface area contributed by atoms with Crippen LogP contribution in [0.15, 0.2) is 0 Å². The maximum absolute atomic E-state index is 11.9. The van der Waals surface area contributed by atoms with E-state index in [9.17, 15) is 4.79 Å². The molecule has 5 nitrogen and oxygen atoms in total. The second-order valence-electron chi connectivity index (χ2n) is 7.53. The van der Waals surface area contributed by atoms with Crippen LogP contribution in [-0.4, -0.2) is 54.9 Å². The standard InChI is InChI=1S/C16H31N3O2/c1-16(2,3)21-15(20)18-14-7-5-6-13(14)17-12-8-10-19(4)11-9-12/h12-14,17H,5-11H2,1-4H3,(H,18,20)/t13-,14-/m0/s1. The lowest BCUT2D eigenvalue weighted by molar-refractivity contribution is 0.0495. The molecule has 21 heavy (non-hydrogen) atoms. The summed E-state index contributed by atoms with van der Waals surface area (Å²) in [5, 5.41) is 6.81. The monoisotopic (exact) mass is 297 g/mol. The lowest BCUT2D eigenvalue weighted by atomic mass is 10.0. The highest BCUT2D eigenvalue weighted by atomic mass is 16.6. The molecule has 0 aromatic carbocycles. The third kappa shape index (κ3) is 5.47. The summed E-state index contributed by atoms with van der Waals surface area (Å²) in [5.41, 5.74) is -0.431. The highest BCUT2D eigenvalue weighted by molar-refractivity contribution is 5.68. The van der Waals surface area contributed by atoms with Crippen molar-refractivity contribution in [2.45, 2.75) is 76.6 Å². The largest absolute Gasteiger partial charge is 0.444 e. The molecule has 0 aromatic heterocycles. The molecule has 2 fully saturated rings. The second-order valence-corrected chi connectivity index (χ2v) is 7.53. The molecule has 2 atom stereocenters. The molecule has 0 spiro atoms. The van der Waals surface area contributed by atoms with Gasteiger partial charge in [-0.15, -0.1) is 0 Å². The van der Waals surface area contributed by atoms with Crippen LogP contribution in [0.4, 0.5) is 4.79 Å². The molecule has 5 heteroatoms. The van der Waals surface area contributed by atoms with Crippen LogP contribution in [-0.2, 0) is 4.74 Å². The van der Waals surface area contributed by atoms with Gasteiger partial charge in [0.2, 0.25) is 0 Å². The third-order valence-electron chi connectivity index (χ3n) is 4.39. The van der Waals surface area contributed by atoms with E-state index < -0.39 is 5.60 Å². The zero-order valence-corrected chi connectivity index (χ0v) is 13.9. The molecule has 1 saturated heterocycles. The molecule has 122 valence electrons. The Hall–Kier alpha value is -0.810. The van der Waals surface area contributed by atoms with Gasteiger partial charge in [0.05, 0.1) is 0 Å². The van der Waals surface area contributed by atoms with Crippen molar-refractivity contribution in [2.24, 2.45) is 0 Å². The van der Waals surface area contributed by atoms with E-state index in [0.29, 0.717) is 12.1 Å². The van der Waals surface area contributed by atoms with Gasteiger partial charge in [-0.05, 0) is 73.0 Å². The number of amides is 1. The topological polar surface area (TPSA) is 53.6 Å². The third-order valence-corrected chi connectivity index (χ3v) is 4.39. The van der Waals surface area contributed by atoms with Crippen LogP contribution in [0.2, 0.25) is 0 Å². The Labute approximate surface area is 128 Å². The van der Waals surface area contributed by atoms with E-state index in [1.807, 2.05) is 20.8 Å². The summed E-state index contributed by atoms with van der Waals surface area (Å²) in [4.78, 5) is 14.3. The van der Waals surface area contributed by atoms with Gasteiger partial charge in [-0.3, -0.25) is 0 Å². The van der Waals surface area contributed by atoms with Crippen molar-refractivity contribution in [1.29, 1.82) is 0 Å². The van der Waals surface area contributed by atoms with Crippen LogP contribution in [0, 0.1) is 0 Å². The zero-order chi connectivity index (χ0) is 15.5. The van der Waals surface area contributed by atoms with Gasteiger partial charge in [0, 0.05) is 18.1 Å². The number of hydrogen-bond donors (Lipinski definition) is 2. The molecular formula is C16H31N3O2. The normalized spacial score (nSPS) is 28.6. The number of hydrogen-bond acceptors (Lipinski definition) is 4. The number of nitrogens with one attached hydrogen (secondary N) is 2. The first-order valence-corrected chi connectivity index (χ1v) is 8.27. The predicted molar refractivity (Wildman–Crippen MR) is 84.5 cm³/mol. The minimum atomic E-state index is -0.431. The lowest BCUT2D eigenvalue weighted by Gasteiger charge is -2.33. The van der Waals surface area contributed by atoms with Crippen LogP contribution in [0.25, 0.3) is 0 Å². The number of nitrogens with zero attached hydrogens (tertiary/aromatic N) is 1. The first-order valence-electron chi connectivity index (χ1n) is 8.27. The summed E-state index contributed by atoms with van der Waals surface area (Å²) in [7, 11) is 2.18. The van der Waals surface area contributed by atoms with E-state index in [2.05, 4.69) is 22.6 Å². The summed E-state index contributed by atoms with van der Waals surface area (Å²) in [6.45, 7) is 8.02. The molecule has 1 aliphatic carbocycles. The maximum atomic E-state index is 11.9. The molecule has 0 unspecified atom stereocenters. The van der Waals surface area contributed by atoms with Crippen LogP contribution >= 0.6 is 0 Å². The SMILES string of the molecule is CN1CCC(N[C@H]2CCC[C@@H]2NC(=O)OC(C)(C)C)CC1. The second kappa shape index (κ2) is 6.97. The molecule has 0 bridgehead atoms.